The van der Waals surface area contributed by atoms with Gasteiger partial charge in [0, 0.05) is 77.8 Å². The van der Waals surface area contributed by atoms with Crippen LogP contribution in [0.2, 0.25) is 0 Å². The third-order valence-electron chi connectivity index (χ3n) is 19.2. The highest BCUT2D eigenvalue weighted by atomic mass is 16.5. The van der Waals surface area contributed by atoms with E-state index < -0.39 is 0 Å². The largest absolute Gasteiger partial charge is 0.458 e. The number of para-hydroxylation sites is 6. The van der Waals surface area contributed by atoms with Crippen LogP contribution < -0.4 is 52.1 Å². The van der Waals surface area contributed by atoms with Crippen LogP contribution in [-0.2, 0) is 0 Å². The van der Waals surface area contributed by atoms with Crippen LogP contribution in [0.5, 0.6) is 23.0 Å². The second-order valence-corrected chi connectivity index (χ2v) is 23.4. The molecule has 20 rings (SSSR count). The summed E-state index contributed by atoms with van der Waals surface area (Å²) in [5.74, 6) is 3.54. The Morgan fingerprint density at radius 3 is 0.977 bits per heavy atom. The van der Waals surface area contributed by atoms with Gasteiger partial charge in [-0.05, 0) is 151 Å². The number of ether oxygens (including phenoxy) is 2. The van der Waals surface area contributed by atoms with Crippen LogP contribution in [0.4, 0.5) is 34.1 Å². The van der Waals surface area contributed by atoms with E-state index in [-0.39, 0.29) is 13.4 Å². The van der Waals surface area contributed by atoms with Crippen molar-refractivity contribution in [3.05, 3.63) is 279 Å². The van der Waals surface area contributed by atoms with Gasteiger partial charge in [-0.15, -0.1) is 0 Å². The molecule has 6 nitrogen and oxygen atoms in total. The second kappa shape index (κ2) is 17.2. The van der Waals surface area contributed by atoms with Crippen LogP contribution in [0.3, 0.4) is 0 Å². The molecule has 0 fully saturated rings. The molecule has 0 atom stereocenters. The van der Waals surface area contributed by atoms with Crippen LogP contribution >= 0.6 is 0 Å². The molecule has 0 bridgehead atoms. The summed E-state index contributed by atoms with van der Waals surface area (Å²) in [4.78, 5) is 4.89. The topological polar surface area (TPSA) is 34.8 Å². The third kappa shape index (κ3) is 6.11. The highest BCUT2D eigenvalue weighted by molar-refractivity contribution is 7.00. The molecule has 0 aliphatic carbocycles. The molecule has 0 unspecified atom stereocenters. The Morgan fingerprint density at radius 1 is 0.244 bits per heavy atom. The van der Waals surface area contributed by atoms with Crippen molar-refractivity contribution in [3.63, 3.8) is 0 Å². The number of anilines is 6. The number of hydrogen-bond acceptors (Lipinski definition) is 4. The fourth-order valence-corrected chi connectivity index (χ4v) is 15.8. The van der Waals surface area contributed by atoms with E-state index in [2.05, 4.69) is 298 Å². The van der Waals surface area contributed by atoms with Crippen LogP contribution in [-0.4, -0.2) is 22.6 Å². The maximum absolute atomic E-state index is 7.49. The predicted molar refractivity (Wildman–Crippen MR) is 359 cm³/mol. The van der Waals surface area contributed by atoms with Crippen molar-refractivity contribution in [2.75, 3.05) is 9.80 Å². The van der Waals surface area contributed by atoms with Gasteiger partial charge in [0.25, 0.3) is 13.4 Å². The van der Waals surface area contributed by atoms with Crippen molar-refractivity contribution in [1.29, 1.82) is 0 Å². The van der Waals surface area contributed by atoms with Crippen molar-refractivity contribution >= 4 is 156 Å². The SMILES string of the molecule is c1ccc(N2c3cc(-n4c5ccccc5c5ccccc54)ccc3B3c4ccc5c6ccc7c(c6c6ccccc6c5c4Oc4cccc2c43)Oc2cccc3c2B7c2ccc(-n4c5ccccc5c5ccccc54)cc2N3c2ccccc2)cc1. The molecule has 0 N–H and O–H groups in total. The van der Waals surface area contributed by atoms with E-state index in [9.17, 15) is 0 Å². The predicted octanol–water partition coefficient (Wildman–Crippen LogP) is 16.2. The molecular weight excluding hydrogens is 1050 g/mol. The molecule has 0 saturated carbocycles. The molecule has 0 spiro atoms. The normalized spacial score (nSPS) is 13.4. The van der Waals surface area contributed by atoms with Gasteiger partial charge in [0.05, 0.1) is 22.1 Å². The zero-order chi connectivity index (χ0) is 55.9. The summed E-state index contributed by atoms with van der Waals surface area (Å²) in [5, 5.41) is 11.7. The molecule has 4 aliphatic rings. The molecule has 0 radical (unpaired) electrons. The van der Waals surface area contributed by atoms with E-state index in [1.54, 1.807) is 0 Å². The minimum atomic E-state index is -0.110. The van der Waals surface area contributed by atoms with Crippen molar-refractivity contribution in [2.45, 2.75) is 0 Å². The number of fused-ring (bicyclic) bond motifs is 22. The second-order valence-electron chi connectivity index (χ2n) is 23.4. The minimum Gasteiger partial charge on any atom is -0.458 e. The minimum absolute atomic E-state index is 0.110. The summed E-state index contributed by atoms with van der Waals surface area (Å²) >= 11 is 0. The molecule has 0 saturated heterocycles. The lowest BCUT2D eigenvalue weighted by atomic mass is 9.34. The van der Waals surface area contributed by atoms with E-state index in [1.807, 2.05) is 0 Å². The van der Waals surface area contributed by atoms with Crippen molar-refractivity contribution in [3.8, 4) is 34.4 Å². The summed E-state index contributed by atoms with van der Waals surface area (Å²) in [6, 6.07) is 102. The van der Waals surface area contributed by atoms with Crippen LogP contribution in [0.1, 0.15) is 0 Å². The summed E-state index contributed by atoms with van der Waals surface area (Å²) in [6.45, 7) is -0.221. The number of benzene rings is 14. The molecule has 6 heterocycles. The zero-order valence-corrected chi connectivity index (χ0v) is 46.3. The van der Waals surface area contributed by atoms with Gasteiger partial charge in [0.2, 0.25) is 0 Å². The Balaban J connectivity index is 0.798. The first-order chi connectivity index (χ1) is 42.7. The van der Waals surface area contributed by atoms with E-state index >= 15 is 0 Å². The molecule has 396 valence electrons. The Kier molecular flexibility index (Phi) is 9.26. The summed E-state index contributed by atoms with van der Waals surface area (Å²) < 4.78 is 19.8. The van der Waals surface area contributed by atoms with Gasteiger partial charge in [0.1, 0.15) is 23.0 Å². The number of hydrogen-bond donors (Lipinski definition) is 0. The van der Waals surface area contributed by atoms with E-state index in [0.717, 1.165) is 112 Å². The first-order valence-corrected chi connectivity index (χ1v) is 29.7. The fraction of sp³-hybridized carbons (Fsp3) is 0. The fourth-order valence-electron chi connectivity index (χ4n) is 15.8. The first kappa shape index (κ1) is 46.3. The Morgan fingerprint density at radius 2 is 0.581 bits per heavy atom. The van der Waals surface area contributed by atoms with Gasteiger partial charge in [0.15, 0.2) is 0 Å². The average molecular weight is 1090 g/mol. The summed E-state index contributed by atoms with van der Waals surface area (Å²) in [7, 11) is 0. The van der Waals surface area contributed by atoms with Crippen molar-refractivity contribution in [1.82, 2.24) is 9.13 Å². The monoisotopic (exact) mass is 1090 g/mol. The molecule has 4 aliphatic heterocycles. The molecule has 2 aromatic heterocycles. The van der Waals surface area contributed by atoms with Crippen LogP contribution in [0.25, 0.3) is 87.3 Å². The highest BCUT2D eigenvalue weighted by Gasteiger charge is 2.45. The van der Waals surface area contributed by atoms with Crippen LogP contribution in [0, 0.1) is 0 Å². The Labute approximate surface area is 495 Å². The standard InChI is InChI=1S/C78H46B2N4O2/c1-3-19-47(20-4-1)81-67-33-17-35-71-75(67)79(59-41-37-49(45-69(59)81)83-63-29-13-9-23-51(63)52-24-10-14-30-64(52)83)61-43-39-57-58-40-44-62-78(74(58)56-28-8-7-27-55(56)73(57)77(61)85-71)86-72-36-18-34-68-76(72)80(62)60-42-38-50(46-70(60)82(68)48-21-5-2-6-22-48)84-65-31-15-11-25-53(65)54-26-12-16-32-66(54)84/h1-46H. The summed E-state index contributed by atoms with van der Waals surface area (Å²) in [6.07, 6.45) is 0. The lowest BCUT2D eigenvalue weighted by Crippen LogP contribution is -2.59. The van der Waals surface area contributed by atoms with Gasteiger partial charge in [-0.3, -0.25) is 0 Å². The van der Waals surface area contributed by atoms with Gasteiger partial charge >= 0.3 is 0 Å². The number of nitrogens with zero attached hydrogens (tertiary/aromatic N) is 4. The molecule has 8 heteroatoms. The molecule has 0 amide bonds. The lowest BCUT2D eigenvalue weighted by molar-refractivity contribution is 0.492. The first-order valence-electron chi connectivity index (χ1n) is 29.7. The van der Waals surface area contributed by atoms with Crippen molar-refractivity contribution in [2.24, 2.45) is 0 Å². The molecular formula is C78H46B2N4O2. The lowest BCUT2D eigenvalue weighted by Gasteiger charge is -2.41. The Bertz CT molecular complexity index is 5180. The third-order valence-corrected chi connectivity index (χ3v) is 19.2. The molecule has 86 heavy (non-hydrogen) atoms. The highest BCUT2D eigenvalue weighted by Crippen LogP contribution is 2.50. The Hall–Kier alpha value is -11.2. The number of rotatable bonds is 4. The average Bonchev–Trinajstić information content (AvgIpc) is 0.971. The zero-order valence-electron chi connectivity index (χ0n) is 46.3. The summed E-state index contributed by atoms with van der Waals surface area (Å²) in [5.41, 5.74) is 20.8. The van der Waals surface area contributed by atoms with Gasteiger partial charge < -0.3 is 28.4 Å². The smallest absolute Gasteiger partial charge is 0.256 e. The van der Waals surface area contributed by atoms with E-state index in [4.69, 9.17) is 9.47 Å². The maximum Gasteiger partial charge on any atom is 0.256 e. The maximum atomic E-state index is 7.49. The van der Waals surface area contributed by atoms with E-state index in [1.165, 1.54) is 65.5 Å². The molecule has 14 aromatic carbocycles. The van der Waals surface area contributed by atoms with E-state index in [0.29, 0.717) is 0 Å². The molecule has 16 aromatic rings. The van der Waals surface area contributed by atoms with Gasteiger partial charge in [-0.2, -0.15) is 0 Å². The van der Waals surface area contributed by atoms with Gasteiger partial charge in [-0.1, -0.05) is 182 Å². The quantitative estimate of drug-likeness (QED) is 0.130. The van der Waals surface area contributed by atoms with Gasteiger partial charge in [-0.25, -0.2) is 0 Å². The van der Waals surface area contributed by atoms with Crippen molar-refractivity contribution < 1.29 is 9.47 Å². The number of aromatic nitrogens is 2. The van der Waals surface area contributed by atoms with Crippen LogP contribution in [0.15, 0.2) is 279 Å².